The van der Waals surface area contributed by atoms with Gasteiger partial charge in [-0.15, -0.1) is 0 Å². The summed E-state index contributed by atoms with van der Waals surface area (Å²) in [5.74, 6) is 0.328. The highest BCUT2D eigenvalue weighted by atomic mass is 15.1. The van der Waals surface area contributed by atoms with Crippen molar-refractivity contribution in [3.63, 3.8) is 0 Å². The zero-order chi connectivity index (χ0) is 15.1. The number of nitrogens with zero attached hydrogens (tertiary/aromatic N) is 3. The maximum Gasteiger partial charge on any atom is 0.0991 e. The molecule has 2 heterocycles. The Morgan fingerprint density at radius 2 is 2.18 bits per heavy atom. The second kappa shape index (κ2) is 4.97. The molecule has 0 radical (unpaired) electrons. The summed E-state index contributed by atoms with van der Waals surface area (Å²) in [5.41, 5.74) is 5.67. The van der Waals surface area contributed by atoms with Gasteiger partial charge in [0.15, 0.2) is 0 Å². The van der Waals surface area contributed by atoms with Gasteiger partial charge in [0.2, 0.25) is 0 Å². The van der Waals surface area contributed by atoms with E-state index >= 15 is 0 Å². The molecule has 0 amide bonds. The molecule has 2 aromatic carbocycles. The Morgan fingerprint density at radius 3 is 3.05 bits per heavy atom. The first-order chi connectivity index (χ1) is 10.7. The minimum Gasteiger partial charge on any atom is -0.301 e. The number of benzene rings is 2. The fraction of sp³-hybridized carbons (Fsp3) is 0.222. The molecule has 1 unspecified atom stereocenters. The van der Waals surface area contributed by atoms with Crippen molar-refractivity contribution in [1.82, 2.24) is 15.1 Å². The molecule has 4 heteroatoms. The number of hydrogen-bond acceptors (Lipinski definition) is 3. The molecule has 4 nitrogen and oxygen atoms in total. The van der Waals surface area contributed by atoms with Gasteiger partial charge >= 0.3 is 0 Å². The molecule has 0 saturated carbocycles. The van der Waals surface area contributed by atoms with Gasteiger partial charge in [0.1, 0.15) is 0 Å². The number of likely N-dealkylation sites (N-methyl/N-ethyl adjacent to an activating group) is 1. The van der Waals surface area contributed by atoms with Crippen LogP contribution in [0.25, 0.3) is 10.9 Å². The van der Waals surface area contributed by atoms with Gasteiger partial charge in [0.05, 0.1) is 23.3 Å². The van der Waals surface area contributed by atoms with Gasteiger partial charge < -0.3 is 4.90 Å². The highest BCUT2D eigenvalue weighted by molar-refractivity contribution is 5.78. The summed E-state index contributed by atoms with van der Waals surface area (Å²) in [6.45, 7) is 1.88. The number of hydrogen-bond donors (Lipinski definition) is 1. The normalized spacial score (nSPS) is 18.1. The molecule has 3 aromatic rings. The summed E-state index contributed by atoms with van der Waals surface area (Å²) in [5, 5.41) is 17.4. The average molecular weight is 288 g/mol. The average Bonchev–Trinajstić information content (AvgIpc) is 3.00. The molecule has 1 N–H and O–H groups in total. The van der Waals surface area contributed by atoms with Crippen molar-refractivity contribution in [3.8, 4) is 6.07 Å². The van der Waals surface area contributed by atoms with Crippen LogP contribution in [0.1, 0.15) is 28.2 Å². The van der Waals surface area contributed by atoms with E-state index in [1.807, 2.05) is 18.3 Å². The Morgan fingerprint density at radius 1 is 1.27 bits per heavy atom. The smallest absolute Gasteiger partial charge is 0.0991 e. The Kier molecular flexibility index (Phi) is 2.95. The Labute approximate surface area is 129 Å². The molecule has 22 heavy (non-hydrogen) atoms. The van der Waals surface area contributed by atoms with E-state index in [0.717, 1.165) is 29.6 Å². The van der Waals surface area contributed by atoms with Crippen LogP contribution < -0.4 is 0 Å². The van der Waals surface area contributed by atoms with Crippen LogP contribution in [0.4, 0.5) is 0 Å². The maximum atomic E-state index is 9.11. The van der Waals surface area contributed by atoms with Crippen LogP contribution in [-0.2, 0) is 6.54 Å². The number of nitrogens with one attached hydrogen (secondary N) is 1. The third kappa shape index (κ3) is 2.07. The van der Waals surface area contributed by atoms with Gasteiger partial charge in [-0.1, -0.05) is 18.2 Å². The van der Waals surface area contributed by atoms with Gasteiger partial charge in [-0.3, -0.25) is 5.10 Å². The van der Waals surface area contributed by atoms with Crippen LogP contribution in [0.5, 0.6) is 0 Å². The number of rotatable bonds is 1. The lowest BCUT2D eigenvalue weighted by atomic mass is 9.84. The number of fused-ring (bicyclic) bond motifs is 2. The summed E-state index contributed by atoms with van der Waals surface area (Å²) < 4.78 is 0. The first-order valence-corrected chi connectivity index (χ1v) is 7.39. The third-order valence-corrected chi connectivity index (χ3v) is 4.45. The van der Waals surface area contributed by atoms with Gasteiger partial charge in [0.25, 0.3) is 0 Å². The van der Waals surface area contributed by atoms with Crippen molar-refractivity contribution in [2.45, 2.75) is 12.5 Å². The first kappa shape index (κ1) is 13.1. The SMILES string of the molecule is CN1Cc2cc(C#N)ccc2C(c2ccc3cn[nH]c3c2)C1. The molecular weight excluding hydrogens is 272 g/mol. The summed E-state index contributed by atoms with van der Waals surface area (Å²) in [6, 6.07) is 14.8. The number of nitriles is 1. The molecule has 108 valence electrons. The standard InChI is InChI=1S/C18H16N4/c1-22-10-15-6-12(8-19)2-5-16(15)17(11-22)13-3-4-14-9-20-21-18(14)7-13/h2-7,9,17H,10-11H2,1H3,(H,20,21). The lowest BCUT2D eigenvalue weighted by Crippen LogP contribution is -2.31. The molecule has 0 fully saturated rings. The van der Waals surface area contributed by atoms with Crippen molar-refractivity contribution in [2.24, 2.45) is 0 Å². The van der Waals surface area contributed by atoms with Crippen molar-refractivity contribution in [2.75, 3.05) is 13.6 Å². The van der Waals surface area contributed by atoms with Crippen molar-refractivity contribution < 1.29 is 0 Å². The van der Waals surface area contributed by atoms with Gasteiger partial charge in [-0.05, 0) is 41.9 Å². The molecule has 0 spiro atoms. The Balaban J connectivity index is 1.83. The van der Waals surface area contributed by atoms with E-state index in [1.54, 1.807) is 0 Å². The first-order valence-electron chi connectivity index (χ1n) is 7.39. The van der Waals surface area contributed by atoms with Crippen molar-refractivity contribution in [3.05, 3.63) is 64.8 Å². The van der Waals surface area contributed by atoms with E-state index in [-0.39, 0.29) is 0 Å². The molecule has 1 aliphatic heterocycles. The van der Waals surface area contributed by atoms with Crippen LogP contribution >= 0.6 is 0 Å². The molecule has 1 aromatic heterocycles. The predicted octanol–water partition coefficient (Wildman–Crippen LogP) is 3.01. The number of H-pyrrole nitrogens is 1. The molecule has 4 rings (SSSR count). The zero-order valence-electron chi connectivity index (χ0n) is 12.4. The van der Waals surface area contributed by atoms with Gasteiger partial charge in [-0.25, -0.2) is 0 Å². The number of aromatic amines is 1. The molecule has 1 atom stereocenters. The van der Waals surface area contributed by atoms with Crippen molar-refractivity contribution in [1.29, 1.82) is 5.26 Å². The van der Waals surface area contributed by atoms with Crippen LogP contribution in [0, 0.1) is 11.3 Å². The number of aromatic nitrogens is 2. The highest BCUT2D eigenvalue weighted by Gasteiger charge is 2.25. The quantitative estimate of drug-likeness (QED) is 0.749. The predicted molar refractivity (Wildman–Crippen MR) is 85.4 cm³/mol. The molecular formula is C18H16N4. The third-order valence-electron chi connectivity index (χ3n) is 4.45. The van der Waals surface area contributed by atoms with E-state index in [2.05, 4.69) is 52.5 Å². The molecule has 1 aliphatic rings. The zero-order valence-corrected chi connectivity index (χ0v) is 12.4. The summed E-state index contributed by atoms with van der Waals surface area (Å²) in [4.78, 5) is 2.31. The molecule has 0 aliphatic carbocycles. The van der Waals surface area contributed by atoms with Crippen LogP contribution in [0.3, 0.4) is 0 Å². The lowest BCUT2D eigenvalue weighted by Gasteiger charge is -2.32. The fourth-order valence-corrected chi connectivity index (χ4v) is 3.37. The largest absolute Gasteiger partial charge is 0.301 e. The summed E-state index contributed by atoms with van der Waals surface area (Å²) in [6.07, 6.45) is 1.85. The molecule has 0 saturated heterocycles. The van der Waals surface area contributed by atoms with E-state index in [0.29, 0.717) is 5.92 Å². The van der Waals surface area contributed by atoms with Gasteiger partial charge in [-0.2, -0.15) is 10.4 Å². The topological polar surface area (TPSA) is 55.7 Å². The maximum absolute atomic E-state index is 9.11. The minimum absolute atomic E-state index is 0.328. The van der Waals surface area contributed by atoms with E-state index in [4.69, 9.17) is 5.26 Å². The van der Waals surface area contributed by atoms with E-state index in [9.17, 15) is 0 Å². The Bertz CT molecular complexity index is 887. The second-order valence-electron chi connectivity index (χ2n) is 5.99. The van der Waals surface area contributed by atoms with Gasteiger partial charge in [0, 0.05) is 24.4 Å². The minimum atomic E-state index is 0.328. The van der Waals surface area contributed by atoms with E-state index < -0.39 is 0 Å². The summed E-state index contributed by atoms with van der Waals surface area (Å²) >= 11 is 0. The summed E-state index contributed by atoms with van der Waals surface area (Å²) in [7, 11) is 2.13. The second-order valence-corrected chi connectivity index (χ2v) is 5.99. The van der Waals surface area contributed by atoms with Crippen molar-refractivity contribution >= 4 is 10.9 Å². The van der Waals surface area contributed by atoms with E-state index in [1.165, 1.54) is 16.7 Å². The van der Waals surface area contributed by atoms with Crippen LogP contribution in [0.2, 0.25) is 0 Å². The van der Waals surface area contributed by atoms with Crippen LogP contribution in [0.15, 0.2) is 42.6 Å². The highest BCUT2D eigenvalue weighted by Crippen LogP contribution is 2.34. The Hall–Kier alpha value is -2.64. The molecule has 0 bridgehead atoms. The lowest BCUT2D eigenvalue weighted by molar-refractivity contribution is 0.295. The van der Waals surface area contributed by atoms with Crippen LogP contribution in [-0.4, -0.2) is 28.7 Å². The monoisotopic (exact) mass is 288 g/mol. The fourth-order valence-electron chi connectivity index (χ4n) is 3.37.